The van der Waals surface area contributed by atoms with Crippen LogP contribution in [-0.4, -0.2) is 65.3 Å². The van der Waals surface area contributed by atoms with Gasteiger partial charge in [-0.3, -0.25) is 14.9 Å². The molecule has 186 valence electrons. The first kappa shape index (κ1) is 25.7. The number of hydroxylamine groups is 1. The molecular formula is C24H38N8O2. The minimum atomic E-state index is -0.611. The Balaban J connectivity index is 1.54. The number of carbonyl (C=O) groups excluding carboxylic acids is 1. The first-order valence-corrected chi connectivity index (χ1v) is 11.9. The molecule has 1 fully saturated rings. The molecule has 3 rings (SSSR count). The Bertz CT molecular complexity index is 929. The van der Waals surface area contributed by atoms with Gasteiger partial charge in [0, 0.05) is 51.7 Å². The van der Waals surface area contributed by atoms with Crippen molar-refractivity contribution < 1.29 is 10.0 Å². The molecule has 5 N–H and O–H groups in total. The van der Waals surface area contributed by atoms with E-state index in [1.54, 1.807) is 5.48 Å². The summed E-state index contributed by atoms with van der Waals surface area (Å²) in [5, 5.41) is 10.8. The van der Waals surface area contributed by atoms with Gasteiger partial charge in [0.1, 0.15) is 0 Å². The number of benzene rings is 1. The summed E-state index contributed by atoms with van der Waals surface area (Å²) >= 11 is 0. The van der Waals surface area contributed by atoms with Crippen LogP contribution in [0.25, 0.3) is 0 Å². The van der Waals surface area contributed by atoms with Crippen LogP contribution in [0.4, 0.5) is 17.3 Å². The number of aromatic nitrogens is 2. The maximum Gasteiger partial charge on any atom is 0.277 e. The number of nitrogen functional groups attached to an aromatic ring is 1. The molecular weight excluding hydrogens is 432 g/mol. The SMILES string of the molecule is CCN(Cc1ccc(N(NC)C(C)C)c(N)c1)CC1CCN(c2ncc(C(=O)NO)cn2)CC1. The maximum absolute atomic E-state index is 11.4. The maximum atomic E-state index is 11.4. The number of rotatable bonds is 10. The van der Waals surface area contributed by atoms with Crippen LogP contribution < -0.4 is 26.5 Å². The van der Waals surface area contributed by atoms with Crippen LogP contribution >= 0.6 is 0 Å². The summed E-state index contributed by atoms with van der Waals surface area (Å²) in [6, 6.07) is 6.66. The molecule has 0 saturated carbocycles. The van der Waals surface area contributed by atoms with Crippen LogP contribution in [0, 0.1) is 5.92 Å². The predicted octanol–water partition coefficient (Wildman–Crippen LogP) is 2.27. The van der Waals surface area contributed by atoms with Gasteiger partial charge in [0.05, 0.1) is 16.9 Å². The molecule has 0 aliphatic carbocycles. The average Bonchev–Trinajstić information content (AvgIpc) is 2.85. The largest absolute Gasteiger partial charge is 0.397 e. The van der Waals surface area contributed by atoms with Gasteiger partial charge in [-0.2, -0.15) is 0 Å². The van der Waals surface area contributed by atoms with Crippen molar-refractivity contribution in [2.75, 3.05) is 48.9 Å². The van der Waals surface area contributed by atoms with Crippen LogP contribution in [0.3, 0.4) is 0 Å². The van der Waals surface area contributed by atoms with E-state index in [1.165, 1.54) is 18.0 Å². The van der Waals surface area contributed by atoms with Gasteiger partial charge in [0.15, 0.2) is 0 Å². The molecule has 2 heterocycles. The Morgan fingerprint density at radius 1 is 1.26 bits per heavy atom. The van der Waals surface area contributed by atoms with Gasteiger partial charge in [-0.1, -0.05) is 13.0 Å². The molecule has 34 heavy (non-hydrogen) atoms. The van der Waals surface area contributed by atoms with Crippen molar-refractivity contribution in [3.63, 3.8) is 0 Å². The standard InChI is InChI=1S/C24H38N8O2/c1-5-30(16-19-6-7-22(21(25)12-19)32(26-4)17(2)3)15-18-8-10-31(11-9-18)24-27-13-20(14-28-24)23(33)29-34/h6-7,12-14,17-18,26,34H,5,8-11,15-16,25H2,1-4H3,(H,29,33). The fourth-order valence-electron chi connectivity index (χ4n) is 4.49. The molecule has 0 unspecified atom stereocenters. The van der Waals surface area contributed by atoms with Gasteiger partial charge in [0.2, 0.25) is 5.95 Å². The first-order chi connectivity index (χ1) is 16.4. The number of nitrogens with one attached hydrogen (secondary N) is 2. The summed E-state index contributed by atoms with van der Waals surface area (Å²) in [5.74, 6) is 0.612. The van der Waals surface area contributed by atoms with Crippen molar-refractivity contribution in [2.45, 2.75) is 46.2 Å². The normalized spacial score (nSPS) is 14.6. The third-order valence-electron chi connectivity index (χ3n) is 6.38. The van der Waals surface area contributed by atoms with Crippen LogP contribution in [0.2, 0.25) is 0 Å². The quantitative estimate of drug-likeness (QED) is 0.235. The van der Waals surface area contributed by atoms with Crippen molar-refractivity contribution in [1.82, 2.24) is 25.8 Å². The van der Waals surface area contributed by atoms with Crippen molar-refractivity contribution in [2.24, 2.45) is 5.92 Å². The molecule has 0 radical (unpaired) electrons. The van der Waals surface area contributed by atoms with Crippen LogP contribution in [0.1, 0.15) is 49.5 Å². The third kappa shape index (κ3) is 6.34. The Labute approximate surface area is 202 Å². The van der Waals surface area contributed by atoms with E-state index < -0.39 is 5.91 Å². The van der Waals surface area contributed by atoms with Crippen molar-refractivity contribution in [3.05, 3.63) is 41.7 Å². The number of hydrogen-bond acceptors (Lipinski definition) is 9. The van der Waals surface area contributed by atoms with Gasteiger partial charge in [-0.25, -0.2) is 20.9 Å². The van der Waals surface area contributed by atoms with E-state index in [4.69, 9.17) is 10.9 Å². The summed E-state index contributed by atoms with van der Waals surface area (Å²) in [7, 11) is 1.91. The second-order valence-electron chi connectivity index (χ2n) is 9.05. The minimum Gasteiger partial charge on any atom is -0.397 e. The third-order valence-corrected chi connectivity index (χ3v) is 6.38. The molecule has 1 amide bonds. The van der Waals surface area contributed by atoms with E-state index in [1.807, 2.05) is 7.05 Å². The Kier molecular flexibility index (Phi) is 9.03. The monoisotopic (exact) mass is 470 g/mol. The number of anilines is 3. The lowest BCUT2D eigenvalue weighted by Gasteiger charge is -2.34. The Morgan fingerprint density at radius 2 is 1.94 bits per heavy atom. The summed E-state index contributed by atoms with van der Waals surface area (Å²) in [4.78, 5) is 24.6. The molecule has 1 aromatic heterocycles. The molecule has 1 aliphatic rings. The summed E-state index contributed by atoms with van der Waals surface area (Å²) < 4.78 is 0. The number of carbonyl (C=O) groups is 1. The molecule has 1 saturated heterocycles. The van der Waals surface area contributed by atoms with Gasteiger partial charge >= 0.3 is 0 Å². The number of nitrogens with zero attached hydrogens (tertiary/aromatic N) is 5. The summed E-state index contributed by atoms with van der Waals surface area (Å²) in [6.07, 6.45) is 5.00. The average molecular weight is 471 g/mol. The summed E-state index contributed by atoms with van der Waals surface area (Å²) in [5.41, 5.74) is 14.4. The van der Waals surface area contributed by atoms with E-state index in [0.717, 1.165) is 56.9 Å². The highest BCUT2D eigenvalue weighted by atomic mass is 16.5. The highest BCUT2D eigenvalue weighted by Gasteiger charge is 2.23. The van der Waals surface area contributed by atoms with Gasteiger partial charge in [0.25, 0.3) is 5.91 Å². The van der Waals surface area contributed by atoms with Crippen molar-refractivity contribution >= 4 is 23.2 Å². The number of hydrogen-bond donors (Lipinski definition) is 4. The van der Waals surface area contributed by atoms with E-state index in [9.17, 15) is 4.79 Å². The Hall–Kier alpha value is -2.95. The van der Waals surface area contributed by atoms with Crippen LogP contribution in [0.5, 0.6) is 0 Å². The first-order valence-electron chi connectivity index (χ1n) is 11.9. The second-order valence-corrected chi connectivity index (χ2v) is 9.05. The van der Waals surface area contributed by atoms with Crippen LogP contribution in [0.15, 0.2) is 30.6 Å². The molecule has 1 aliphatic heterocycles. The molecule has 0 atom stereocenters. The van der Waals surface area contributed by atoms with Gasteiger partial charge in [-0.05, 0) is 56.8 Å². The molecule has 1 aromatic carbocycles. The molecule has 10 heteroatoms. The second kappa shape index (κ2) is 12.0. The van der Waals surface area contributed by atoms with Gasteiger partial charge < -0.3 is 15.6 Å². The predicted molar refractivity (Wildman–Crippen MR) is 135 cm³/mol. The van der Waals surface area contributed by atoms with E-state index in [2.05, 4.69) is 69.2 Å². The smallest absolute Gasteiger partial charge is 0.277 e. The number of hydrazine groups is 1. The van der Waals surface area contributed by atoms with E-state index in [-0.39, 0.29) is 5.56 Å². The molecule has 2 aromatic rings. The van der Waals surface area contributed by atoms with Crippen molar-refractivity contribution in [3.8, 4) is 0 Å². The zero-order chi connectivity index (χ0) is 24.7. The van der Waals surface area contributed by atoms with Crippen LogP contribution in [-0.2, 0) is 6.54 Å². The number of nitrogens with two attached hydrogens (primary N) is 1. The zero-order valence-corrected chi connectivity index (χ0v) is 20.7. The highest BCUT2D eigenvalue weighted by molar-refractivity contribution is 5.92. The fourth-order valence-corrected chi connectivity index (χ4v) is 4.49. The van der Waals surface area contributed by atoms with Gasteiger partial charge in [-0.15, -0.1) is 0 Å². The lowest BCUT2D eigenvalue weighted by Crippen LogP contribution is -2.41. The molecule has 0 spiro atoms. The fraction of sp³-hybridized carbons (Fsp3) is 0.542. The molecule has 10 nitrogen and oxygen atoms in total. The van der Waals surface area contributed by atoms with E-state index in [0.29, 0.717) is 17.9 Å². The van der Waals surface area contributed by atoms with E-state index >= 15 is 0 Å². The lowest BCUT2D eigenvalue weighted by atomic mass is 9.96. The number of amides is 1. The molecule has 0 bridgehead atoms. The minimum absolute atomic E-state index is 0.233. The highest BCUT2D eigenvalue weighted by Crippen LogP contribution is 2.26. The Morgan fingerprint density at radius 3 is 2.47 bits per heavy atom. The number of piperidine rings is 1. The van der Waals surface area contributed by atoms with Crippen molar-refractivity contribution in [1.29, 1.82) is 0 Å². The summed E-state index contributed by atoms with van der Waals surface area (Å²) in [6.45, 7) is 11.1. The zero-order valence-electron chi connectivity index (χ0n) is 20.7. The topological polar surface area (TPSA) is 123 Å². The lowest BCUT2D eigenvalue weighted by molar-refractivity contribution is 0.0705.